The Morgan fingerprint density at radius 1 is 0.365 bits per heavy atom. The van der Waals surface area contributed by atoms with Crippen LogP contribution in [0.25, 0.3) is 0 Å². The maximum atomic E-state index is 2.50. The van der Waals surface area contributed by atoms with Gasteiger partial charge < -0.3 is 24.8 Å². The van der Waals surface area contributed by atoms with Crippen LogP contribution < -0.4 is 24.8 Å². The SMILES string of the molecule is CC[Si]1(C2=CCC(C)=C2)CCC1.CC[Si]1(C2=CCC(C)=C2)CCC1.CC[Si]1(C2=CCC(C)=C2)CCC1.CC[Si]1(C2=CCC(C)=C2)CCC1.[Cl-].[Cl-].[Ti].[Ti]. The van der Waals surface area contributed by atoms with Gasteiger partial charge in [0.15, 0.2) is 0 Å². The summed E-state index contributed by atoms with van der Waals surface area (Å²) in [6.45, 7) is 18.6. The Kier molecular flexibility index (Phi) is 22.1. The molecular formula is C44H72Cl2Si4Ti2-2. The molecule has 0 amide bonds. The van der Waals surface area contributed by atoms with Crippen LogP contribution in [0, 0.1) is 0 Å². The molecule has 0 radical (unpaired) electrons. The van der Waals surface area contributed by atoms with Gasteiger partial charge in [-0.1, -0.05) is 218 Å². The fourth-order valence-corrected chi connectivity index (χ4v) is 25.8. The number of halogens is 2. The summed E-state index contributed by atoms with van der Waals surface area (Å²) >= 11 is 0. The van der Waals surface area contributed by atoms with E-state index in [1.165, 1.54) is 75.5 Å². The molecule has 4 aliphatic carbocycles. The number of rotatable bonds is 8. The zero-order valence-corrected chi connectivity index (χ0v) is 43.2. The third-order valence-electron chi connectivity index (χ3n) is 14.6. The summed E-state index contributed by atoms with van der Waals surface area (Å²) < 4.78 is 0. The molecule has 0 spiro atoms. The van der Waals surface area contributed by atoms with Gasteiger partial charge >= 0.3 is 0 Å². The van der Waals surface area contributed by atoms with Crippen molar-refractivity contribution >= 4 is 32.3 Å². The molecule has 0 aromatic rings. The van der Waals surface area contributed by atoms with Crippen LogP contribution in [0.2, 0.25) is 72.5 Å². The van der Waals surface area contributed by atoms with Gasteiger partial charge in [-0.15, -0.1) is 0 Å². The van der Waals surface area contributed by atoms with Gasteiger partial charge in [0.05, 0.1) is 32.3 Å². The summed E-state index contributed by atoms with van der Waals surface area (Å²) in [5.74, 6) is 0. The second kappa shape index (κ2) is 22.7. The third-order valence-corrected chi connectivity index (χ3v) is 36.8. The second-order valence-corrected chi connectivity index (χ2v) is 36.7. The van der Waals surface area contributed by atoms with Crippen LogP contribution in [-0.4, -0.2) is 32.3 Å². The van der Waals surface area contributed by atoms with Gasteiger partial charge in [-0.3, -0.25) is 0 Å². The van der Waals surface area contributed by atoms with Crippen LogP contribution >= 0.6 is 0 Å². The maximum Gasteiger partial charge on any atom is 0.0860 e. The van der Waals surface area contributed by atoms with E-state index >= 15 is 0 Å². The van der Waals surface area contributed by atoms with Crippen LogP contribution in [0.5, 0.6) is 0 Å². The summed E-state index contributed by atoms with van der Waals surface area (Å²) in [7, 11) is -3.36. The number of hydrogen-bond acceptors (Lipinski definition) is 0. The predicted octanol–water partition coefficient (Wildman–Crippen LogP) is 8.70. The molecule has 0 saturated carbocycles. The van der Waals surface area contributed by atoms with Crippen LogP contribution in [0.3, 0.4) is 0 Å². The summed E-state index contributed by atoms with van der Waals surface area (Å²) in [6.07, 6.45) is 30.9. The maximum absolute atomic E-state index is 2.50. The molecule has 4 saturated heterocycles. The molecule has 288 valence electrons. The molecule has 4 fully saturated rings. The zero-order chi connectivity index (χ0) is 34.4. The van der Waals surface area contributed by atoms with Crippen molar-refractivity contribution in [3.8, 4) is 0 Å². The Morgan fingerprint density at radius 3 is 0.615 bits per heavy atom. The van der Waals surface area contributed by atoms with Crippen LogP contribution in [0.4, 0.5) is 0 Å². The molecule has 0 bridgehead atoms. The third kappa shape index (κ3) is 11.5. The molecule has 4 heterocycles. The minimum atomic E-state index is -0.841. The predicted molar refractivity (Wildman–Crippen MR) is 228 cm³/mol. The van der Waals surface area contributed by atoms with Crippen molar-refractivity contribution < 1.29 is 68.2 Å². The zero-order valence-electron chi connectivity index (χ0n) is 34.5. The average molecular weight is 880 g/mol. The molecule has 4 aliphatic heterocycles. The Bertz CT molecular complexity index is 1190. The van der Waals surface area contributed by atoms with E-state index in [0.717, 1.165) is 0 Å². The summed E-state index contributed by atoms with van der Waals surface area (Å²) in [6, 6.07) is 18.4. The smallest absolute Gasteiger partial charge is 0.0860 e. The van der Waals surface area contributed by atoms with Gasteiger partial charge in [0.1, 0.15) is 0 Å². The molecule has 8 rings (SSSR count). The largest absolute Gasteiger partial charge is 1.00 e. The Labute approximate surface area is 368 Å². The molecule has 0 atom stereocenters. The van der Waals surface area contributed by atoms with Gasteiger partial charge in [-0.05, 0) is 53.4 Å². The molecule has 8 heteroatoms. The molecule has 8 aliphatic rings. The van der Waals surface area contributed by atoms with Crippen molar-refractivity contribution in [2.45, 2.75) is 179 Å². The topological polar surface area (TPSA) is 0 Å². The van der Waals surface area contributed by atoms with Crippen LogP contribution in [0.1, 0.15) is 107 Å². The molecule has 0 unspecified atom stereocenters. The van der Waals surface area contributed by atoms with E-state index in [4.69, 9.17) is 0 Å². The standard InChI is InChI=1S/4C11H18Si.2ClH.2Ti/c4*1-3-12(7-4-8-12)11-6-5-10(2)9-11;;;;/h4*6,9H,3-5,7-8H2,1-2H3;2*1H;;/p-2. The number of hydrogen-bond donors (Lipinski definition) is 0. The van der Waals surface area contributed by atoms with Crippen LogP contribution in [-0.2, 0) is 43.4 Å². The van der Waals surface area contributed by atoms with E-state index in [0.29, 0.717) is 0 Å². The Balaban J connectivity index is 0.000000338. The van der Waals surface area contributed by atoms with E-state index in [2.05, 4.69) is 104 Å². The van der Waals surface area contributed by atoms with E-state index in [1.807, 2.05) is 0 Å². The average Bonchev–Trinajstić information content (AvgIpc) is 3.80. The fraction of sp³-hybridized carbons (Fsp3) is 0.636. The van der Waals surface area contributed by atoms with E-state index in [1.54, 1.807) is 91.4 Å². The molecule has 0 aromatic heterocycles. The quantitative estimate of drug-likeness (QED) is 0.214. The number of allylic oxidation sites excluding steroid dienone is 16. The molecule has 0 N–H and O–H groups in total. The van der Waals surface area contributed by atoms with Crippen molar-refractivity contribution in [1.29, 1.82) is 0 Å². The van der Waals surface area contributed by atoms with Crippen molar-refractivity contribution in [2.24, 2.45) is 0 Å². The van der Waals surface area contributed by atoms with Gasteiger partial charge in [0.25, 0.3) is 0 Å². The minimum Gasteiger partial charge on any atom is -1.00 e. The van der Waals surface area contributed by atoms with Gasteiger partial charge in [0, 0.05) is 43.4 Å². The van der Waals surface area contributed by atoms with Gasteiger partial charge in [-0.25, -0.2) is 0 Å². The van der Waals surface area contributed by atoms with Crippen LogP contribution in [0.15, 0.2) is 91.7 Å². The minimum absolute atomic E-state index is 0. The van der Waals surface area contributed by atoms with Crippen molar-refractivity contribution in [2.75, 3.05) is 0 Å². The van der Waals surface area contributed by atoms with E-state index < -0.39 is 32.3 Å². The molecular weight excluding hydrogens is 807 g/mol. The first-order valence-electron chi connectivity index (χ1n) is 20.6. The van der Waals surface area contributed by atoms with Gasteiger partial charge in [-0.2, -0.15) is 0 Å². The van der Waals surface area contributed by atoms with Crippen molar-refractivity contribution in [3.63, 3.8) is 0 Å². The summed E-state index contributed by atoms with van der Waals surface area (Å²) in [5.41, 5.74) is 6.32. The van der Waals surface area contributed by atoms with E-state index in [9.17, 15) is 0 Å². The second-order valence-electron chi connectivity index (χ2n) is 17.4. The molecule has 0 aromatic carbocycles. The first kappa shape index (κ1) is 50.8. The molecule has 0 nitrogen and oxygen atoms in total. The first-order chi connectivity index (χ1) is 23.1. The van der Waals surface area contributed by atoms with E-state index in [-0.39, 0.29) is 68.2 Å². The summed E-state index contributed by atoms with van der Waals surface area (Å²) in [5, 5.41) is 7.14. The molecule has 52 heavy (non-hydrogen) atoms. The normalized spacial score (nSPS) is 24.2. The Morgan fingerprint density at radius 2 is 0.538 bits per heavy atom. The summed E-state index contributed by atoms with van der Waals surface area (Å²) in [4.78, 5) is 0. The first-order valence-corrected chi connectivity index (χ1v) is 31.1. The van der Waals surface area contributed by atoms with Crippen molar-refractivity contribution in [3.05, 3.63) is 91.7 Å². The monoisotopic (exact) mass is 878 g/mol. The van der Waals surface area contributed by atoms with Gasteiger partial charge in [0.2, 0.25) is 0 Å². The Hall–Kier alpha value is 0.796. The fourth-order valence-electron chi connectivity index (χ4n) is 9.90. The van der Waals surface area contributed by atoms with Crippen molar-refractivity contribution in [1.82, 2.24) is 0 Å².